The molecule has 1 heterocycles. The smallest absolute Gasteiger partial charge is 0.251 e. The fourth-order valence-corrected chi connectivity index (χ4v) is 1.08. The number of hydrogen-bond donors (Lipinski definition) is 3. The van der Waals surface area contributed by atoms with Gasteiger partial charge < -0.3 is 16.2 Å². The number of amides is 1. The first kappa shape index (κ1) is 11.6. The predicted molar refractivity (Wildman–Crippen MR) is 56.1 cm³/mol. The molecule has 0 radical (unpaired) electrons. The minimum Gasteiger partial charge on any atom is -0.394 e. The second-order valence-corrected chi connectivity index (χ2v) is 3.30. The van der Waals surface area contributed by atoms with Crippen molar-refractivity contribution >= 4 is 5.91 Å². The SMILES string of the molecule is CC(CO)NC(=O)c1ccnc(CN)c1. The van der Waals surface area contributed by atoms with Crippen LogP contribution in [0.2, 0.25) is 0 Å². The van der Waals surface area contributed by atoms with Crippen LogP contribution >= 0.6 is 0 Å². The van der Waals surface area contributed by atoms with Gasteiger partial charge in [0.2, 0.25) is 0 Å². The topological polar surface area (TPSA) is 88.2 Å². The molecule has 0 aliphatic rings. The quantitative estimate of drug-likeness (QED) is 0.632. The third-order valence-electron chi connectivity index (χ3n) is 1.94. The van der Waals surface area contributed by atoms with E-state index in [4.69, 9.17) is 10.8 Å². The first-order valence-electron chi connectivity index (χ1n) is 4.74. The number of aliphatic hydroxyl groups excluding tert-OH is 1. The summed E-state index contributed by atoms with van der Waals surface area (Å²) in [6.07, 6.45) is 1.54. The summed E-state index contributed by atoms with van der Waals surface area (Å²) in [5.41, 5.74) is 6.58. The molecule has 1 atom stereocenters. The highest BCUT2D eigenvalue weighted by Crippen LogP contribution is 2.01. The van der Waals surface area contributed by atoms with Gasteiger partial charge in [0.15, 0.2) is 0 Å². The van der Waals surface area contributed by atoms with Gasteiger partial charge in [0, 0.05) is 24.3 Å². The van der Waals surface area contributed by atoms with E-state index in [2.05, 4.69) is 10.3 Å². The maximum absolute atomic E-state index is 11.6. The first-order valence-corrected chi connectivity index (χ1v) is 4.74. The number of carbonyl (C=O) groups is 1. The Balaban J connectivity index is 2.73. The lowest BCUT2D eigenvalue weighted by Gasteiger charge is -2.10. The molecule has 1 aromatic heterocycles. The maximum atomic E-state index is 11.6. The summed E-state index contributed by atoms with van der Waals surface area (Å²) in [6, 6.07) is 2.99. The zero-order chi connectivity index (χ0) is 11.3. The highest BCUT2D eigenvalue weighted by molar-refractivity contribution is 5.94. The lowest BCUT2D eigenvalue weighted by molar-refractivity contribution is 0.0922. The van der Waals surface area contributed by atoms with Crippen molar-refractivity contribution in [2.75, 3.05) is 6.61 Å². The number of nitrogens with two attached hydrogens (primary N) is 1. The van der Waals surface area contributed by atoms with E-state index < -0.39 is 0 Å². The number of pyridine rings is 1. The summed E-state index contributed by atoms with van der Waals surface area (Å²) in [6.45, 7) is 1.94. The number of aromatic nitrogens is 1. The Kier molecular flexibility index (Phi) is 4.20. The number of rotatable bonds is 4. The molecule has 82 valence electrons. The molecule has 1 rings (SSSR count). The van der Waals surface area contributed by atoms with Gasteiger partial charge in [-0.1, -0.05) is 0 Å². The van der Waals surface area contributed by atoms with Crippen molar-refractivity contribution in [1.82, 2.24) is 10.3 Å². The Morgan fingerprint density at radius 2 is 2.47 bits per heavy atom. The molecule has 5 heteroatoms. The molecule has 0 bridgehead atoms. The Labute approximate surface area is 88.3 Å². The van der Waals surface area contributed by atoms with Crippen LogP contribution in [0.3, 0.4) is 0 Å². The van der Waals surface area contributed by atoms with Crippen molar-refractivity contribution in [2.24, 2.45) is 5.73 Å². The van der Waals surface area contributed by atoms with Gasteiger partial charge in [-0.2, -0.15) is 0 Å². The Morgan fingerprint density at radius 1 is 1.73 bits per heavy atom. The standard InChI is InChI=1S/C10H15N3O2/c1-7(6-14)13-10(15)8-2-3-12-9(4-8)5-11/h2-4,7,14H,5-6,11H2,1H3,(H,13,15). The fraction of sp³-hybridized carbons (Fsp3) is 0.400. The van der Waals surface area contributed by atoms with Crippen LogP contribution in [0.5, 0.6) is 0 Å². The molecule has 4 N–H and O–H groups in total. The van der Waals surface area contributed by atoms with Crippen LogP contribution in [0, 0.1) is 0 Å². The van der Waals surface area contributed by atoms with Gasteiger partial charge in [-0.05, 0) is 19.1 Å². The monoisotopic (exact) mass is 209 g/mol. The van der Waals surface area contributed by atoms with Crippen LogP contribution in [0.4, 0.5) is 0 Å². The average molecular weight is 209 g/mol. The maximum Gasteiger partial charge on any atom is 0.251 e. The summed E-state index contributed by atoms with van der Waals surface area (Å²) in [5, 5.41) is 11.4. The molecular weight excluding hydrogens is 194 g/mol. The second kappa shape index (κ2) is 5.43. The summed E-state index contributed by atoms with van der Waals surface area (Å²) >= 11 is 0. The van der Waals surface area contributed by atoms with Crippen LogP contribution in [0.1, 0.15) is 23.0 Å². The van der Waals surface area contributed by atoms with E-state index in [-0.39, 0.29) is 18.6 Å². The van der Waals surface area contributed by atoms with E-state index in [0.29, 0.717) is 17.8 Å². The number of carbonyl (C=O) groups excluding carboxylic acids is 1. The number of hydrogen-bond acceptors (Lipinski definition) is 4. The van der Waals surface area contributed by atoms with E-state index in [0.717, 1.165) is 0 Å². The Hall–Kier alpha value is -1.46. The van der Waals surface area contributed by atoms with Crippen molar-refractivity contribution in [3.63, 3.8) is 0 Å². The largest absolute Gasteiger partial charge is 0.394 e. The first-order chi connectivity index (χ1) is 7.17. The van der Waals surface area contributed by atoms with Gasteiger partial charge in [-0.3, -0.25) is 9.78 Å². The molecule has 0 aromatic carbocycles. The van der Waals surface area contributed by atoms with Crippen molar-refractivity contribution in [3.8, 4) is 0 Å². The minimum absolute atomic E-state index is 0.0828. The van der Waals surface area contributed by atoms with Gasteiger partial charge in [-0.25, -0.2) is 0 Å². The number of nitrogens with zero attached hydrogens (tertiary/aromatic N) is 1. The minimum atomic E-state index is -0.257. The van der Waals surface area contributed by atoms with Crippen LogP contribution < -0.4 is 11.1 Å². The highest BCUT2D eigenvalue weighted by atomic mass is 16.3. The van der Waals surface area contributed by atoms with Crippen LogP contribution in [-0.2, 0) is 6.54 Å². The molecular formula is C10H15N3O2. The molecule has 5 nitrogen and oxygen atoms in total. The Bertz CT molecular complexity index is 341. The highest BCUT2D eigenvalue weighted by Gasteiger charge is 2.09. The second-order valence-electron chi connectivity index (χ2n) is 3.30. The molecule has 0 fully saturated rings. The number of aliphatic hydroxyl groups is 1. The van der Waals surface area contributed by atoms with Crippen LogP contribution in [-0.4, -0.2) is 28.6 Å². The van der Waals surface area contributed by atoms with E-state index >= 15 is 0 Å². The summed E-state index contributed by atoms with van der Waals surface area (Å²) in [7, 11) is 0. The van der Waals surface area contributed by atoms with Crippen molar-refractivity contribution < 1.29 is 9.90 Å². The molecule has 1 aromatic rings. The summed E-state index contributed by atoms with van der Waals surface area (Å²) in [4.78, 5) is 15.6. The molecule has 0 saturated heterocycles. The van der Waals surface area contributed by atoms with Gasteiger partial charge in [-0.15, -0.1) is 0 Å². The molecule has 0 spiro atoms. The third kappa shape index (κ3) is 3.30. The van der Waals surface area contributed by atoms with Gasteiger partial charge in [0.25, 0.3) is 5.91 Å². The summed E-state index contributed by atoms with van der Waals surface area (Å²) in [5.74, 6) is -0.228. The van der Waals surface area contributed by atoms with E-state index in [1.54, 1.807) is 25.3 Å². The zero-order valence-corrected chi connectivity index (χ0v) is 8.60. The van der Waals surface area contributed by atoms with Crippen molar-refractivity contribution in [2.45, 2.75) is 19.5 Å². The van der Waals surface area contributed by atoms with E-state index in [1.807, 2.05) is 0 Å². The lowest BCUT2D eigenvalue weighted by Crippen LogP contribution is -2.35. The normalized spacial score (nSPS) is 12.2. The average Bonchev–Trinajstić information content (AvgIpc) is 2.28. The van der Waals surface area contributed by atoms with Crippen LogP contribution in [0.25, 0.3) is 0 Å². The molecule has 1 unspecified atom stereocenters. The summed E-state index contributed by atoms with van der Waals surface area (Å²) < 4.78 is 0. The molecule has 1 amide bonds. The Morgan fingerprint density at radius 3 is 3.07 bits per heavy atom. The van der Waals surface area contributed by atoms with Gasteiger partial charge in [0.05, 0.1) is 12.3 Å². The molecule has 0 aliphatic carbocycles. The fourth-order valence-electron chi connectivity index (χ4n) is 1.08. The van der Waals surface area contributed by atoms with Gasteiger partial charge in [0.1, 0.15) is 0 Å². The molecule has 15 heavy (non-hydrogen) atoms. The number of nitrogens with one attached hydrogen (secondary N) is 1. The van der Waals surface area contributed by atoms with Gasteiger partial charge >= 0.3 is 0 Å². The van der Waals surface area contributed by atoms with E-state index in [9.17, 15) is 4.79 Å². The molecule has 0 saturated carbocycles. The van der Waals surface area contributed by atoms with Crippen molar-refractivity contribution in [3.05, 3.63) is 29.6 Å². The molecule has 0 aliphatic heterocycles. The lowest BCUT2D eigenvalue weighted by atomic mass is 10.2. The van der Waals surface area contributed by atoms with Crippen LogP contribution in [0.15, 0.2) is 18.3 Å². The predicted octanol–water partition coefficient (Wildman–Crippen LogP) is -0.349. The van der Waals surface area contributed by atoms with Crippen molar-refractivity contribution in [1.29, 1.82) is 0 Å². The zero-order valence-electron chi connectivity index (χ0n) is 8.60. The third-order valence-corrected chi connectivity index (χ3v) is 1.94. The van der Waals surface area contributed by atoms with E-state index in [1.165, 1.54) is 0 Å².